The van der Waals surface area contributed by atoms with Crippen LogP contribution in [-0.2, 0) is 6.54 Å². The van der Waals surface area contributed by atoms with Crippen LogP contribution in [0.5, 0.6) is 0 Å². The van der Waals surface area contributed by atoms with Crippen molar-refractivity contribution in [2.45, 2.75) is 13.5 Å². The van der Waals surface area contributed by atoms with E-state index in [4.69, 9.17) is 10.2 Å². The van der Waals surface area contributed by atoms with Crippen molar-refractivity contribution in [3.63, 3.8) is 0 Å². The van der Waals surface area contributed by atoms with Crippen molar-refractivity contribution < 1.29 is 4.42 Å². The van der Waals surface area contributed by atoms with Crippen molar-refractivity contribution in [3.05, 3.63) is 36.2 Å². The lowest BCUT2D eigenvalue weighted by molar-refractivity contribution is 0.479. The molecule has 2 aromatic heterocycles. The van der Waals surface area contributed by atoms with E-state index in [0.717, 1.165) is 11.4 Å². The minimum absolute atomic E-state index is 0.473. The van der Waals surface area contributed by atoms with Gasteiger partial charge < -0.3 is 15.5 Å². The van der Waals surface area contributed by atoms with Crippen LogP contribution in [0, 0.1) is 6.92 Å². The Hall–Kier alpha value is -2.04. The van der Waals surface area contributed by atoms with Gasteiger partial charge in [-0.05, 0) is 19.1 Å². The zero-order valence-electron chi connectivity index (χ0n) is 8.40. The average molecular weight is 204 g/mol. The van der Waals surface area contributed by atoms with Crippen LogP contribution < -0.4 is 11.1 Å². The van der Waals surface area contributed by atoms with E-state index in [0.29, 0.717) is 18.3 Å². The van der Waals surface area contributed by atoms with Crippen molar-refractivity contribution in [2.24, 2.45) is 0 Å². The molecule has 0 amide bonds. The Kier molecular flexibility index (Phi) is 2.53. The summed E-state index contributed by atoms with van der Waals surface area (Å²) in [5.74, 6) is 1.91. The summed E-state index contributed by atoms with van der Waals surface area (Å²) >= 11 is 0. The van der Waals surface area contributed by atoms with Gasteiger partial charge in [-0.2, -0.15) is 0 Å². The van der Waals surface area contributed by atoms with Crippen LogP contribution in [0.3, 0.4) is 0 Å². The fourth-order valence-electron chi connectivity index (χ4n) is 1.22. The third-order valence-electron chi connectivity index (χ3n) is 1.94. The van der Waals surface area contributed by atoms with Gasteiger partial charge >= 0.3 is 0 Å². The molecule has 0 bridgehead atoms. The first-order chi connectivity index (χ1) is 7.25. The van der Waals surface area contributed by atoms with Gasteiger partial charge in [0.1, 0.15) is 11.6 Å². The number of aryl methyl sites for hydroxylation is 1. The van der Waals surface area contributed by atoms with Crippen LogP contribution in [0.15, 0.2) is 28.9 Å². The number of nitrogens with one attached hydrogen (secondary N) is 1. The molecule has 0 saturated carbocycles. The highest BCUT2D eigenvalue weighted by atomic mass is 16.4. The SMILES string of the molecule is Cc1cnc(CNc2cccnc2N)o1. The Morgan fingerprint density at radius 2 is 2.33 bits per heavy atom. The van der Waals surface area contributed by atoms with Crippen LogP contribution in [0.4, 0.5) is 11.5 Å². The molecule has 0 unspecified atom stereocenters. The van der Waals surface area contributed by atoms with E-state index in [9.17, 15) is 0 Å². The molecule has 0 radical (unpaired) electrons. The summed E-state index contributed by atoms with van der Waals surface area (Å²) in [5.41, 5.74) is 6.45. The Morgan fingerprint density at radius 1 is 1.47 bits per heavy atom. The van der Waals surface area contributed by atoms with Gasteiger partial charge in [-0.15, -0.1) is 0 Å². The molecule has 0 aliphatic rings. The summed E-state index contributed by atoms with van der Waals surface area (Å²) in [4.78, 5) is 8.03. The summed E-state index contributed by atoms with van der Waals surface area (Å²) in [7, 11) is 0. The van der Waals surface area contributed by atoms with Gasteiger partial charge in [0.25, 0.3) is 0 Å². The molecule has 0 fully saturated rings. The molecule has 2 aromatic rings. The molecule has 0 atom stereocenters. The smallest absolute Gasteiger partial charge is 0.213 e. The molecule has 2 rings (SSSR count). The van der Waals surface area contributed by atoms with E-state index < -0.39 is 0 Å². The topological polar surface area (TPSA) is 77.0 Å². The fraction of sp³-hybridized carbons (Fsp3) is 0.200. The predicted octanol–water partition coefficient (Wildman–Crippen LogP) is 1.57. The Balaban J connectivity index is 2.02. The molecule has 0 spiro atoms. The number of rotatable bonds is 3. The van der Waals surface area contributed by atoms with Crippen LogP contribution in [0.1, 0.15) is 11.7 Å². The summed E-state index contributed by atoms with van der Waals surface area (Å²) in [5, 5.41) is 3.10. The number of anilines is 2. The summed E-state index contributed by atoms with van der Waals surface area (Å²) in [6, 6.07) is 3.68. The quantitative estimate of drug-likeness (QED) is 0.793. The zero-order chi connectivity index (χ0) is 10.7. The van der Waals surface area contributed by atoms with Crippen LogP contribution in [0.25, 0.3) is 0 Å². The van der Waals surface area contributed by atoms with Crippen LogP contribution in [0.2, 0.25) is 0 Å². The molecular weight excluding hydrogens is 192 g/mol. The third kappa shape index (κ3) is 2.25. The van der Waals surface area contributed by atoms with Crippen molar-refractivity contribution >= 4 is 11.5 Å². The van der Waals surface area contributed by atoms with Crippen molar-refractivity contribution in [1.82, 2.24) is 9.97 Å². The molecule has 15 heavy (non-hydrogen) atoms. The number of aromatic nitrogens is 2. The van der Waals surface area contributed by atoms with E-state index in [1.807, 2.05) is 19.1 Å². The first-order valence-electron chi connectivity index (χ1n) is 4.61. The molecule has 0 saturated heterocycles. The van der Waals surface area contributed by atoms with Gasteiger partial charge in [-0.1, -0.05) is 0 Å². The first kappa shape index (κ1) is 9.51. The van der Waals surface area contributed by atoms with Gasteiger partial charge in [0.15, 0.2) is 0 Å². The van der Waals surface area contributed by atoms with Gasteiger partial charge in [0.05, 0.1) is 18.4 Å². The predicted molar refractivity (Wildman–Crippen MR) is 57.2 cm³/mol. The second-order valence-corrected chi connectivity index (χ2v) is 3.15. The summed E-state index contributed by atoms with van der Waals surface area (Å²) in [6.45, 7) is 2.36. The van der Waals surface area contributed by atoms with Gasteiger partial charge in [-0.3, -0.25) is 0 Å². The van der Waals surface area contributed by atoms with E-state index in [1.165, 1.54) is 0 Å². The molecule has 0 aliphatic heterocycles. The highest BCUT2D eigenvalue weighted by Crippen LogP contribution is 2.14. The Bertz CT molecular complexity index is 452. The highest BCUT2D eigenvalue weighted by Gasteiger charge is 2.02. The second-order valence-electron chi connectivity index (χ2n) is 3.15. The average Bonchev–Trinajstić information content (AvgIpc) is 2.63. The van der Waals surface area contributed by atoms with E-state index >= 15 is 0 Å². The molecule has 78 valence electrons. The second kappa shape index (κ2) is 4.00. The lowest BCUT2D eigenvalue weighted by atomic mass is 10.4. The molecular formula is C10H12N4O. The molecule has 5 heteroatoms. The van der Waals surface area contributed by atoms with Gasteiger partial charge in [0, 0.05) is 6.20 Å². The van der Waals surface area contributed by atoms with E-state index in [1.54, 1.807) is 12.4 Å². The Morgan fingerprint density at radius 3 is 3.00 bits per heavy atom. The minimum atomic E-state index is 0.473. The van der Waals surface area contributed by atoms with Crippen LogP contribution in [-0.4, -0.2) is 9.97 Å². The maximum Gasteiger partial charge on any atom is 0.213 e. The number of oxazole rings is 1. The molecule has 5 nitrogen and oxygen atoms in total. The van der Waals surface area contributed by atoms with Crippen LogP contribution >= 0.6 is 0 Å². The van der Waals surface area contributed by atoms with Crippen molar-refractivity contribution in [2.75, 3.05) is 11.1 Å². The van der Waals surface area contributed by atoms with Gasteiger partial charge in [-0.25, -0.2) is 9.97 Å². The van der Waals surface area contributed by atoms with E-state index in [-0.39, 0.29) is 0 Å². The molecule has 2 heterocycles. The summed E-state index contributed by atoms with van der Waals surface area (Å²) < 4.78 is 5.31. The monoisotopic (exact) mass is 204 g/mol. The minimum Gasteiger partial charge on any atom is -0.444 e. The first-order valence-corrected chi connectivity index (χ1v) is 4.61. The normalized spacial score (nSPS) is 10.2. The summed E-state index contributed by atoms with van der Waals surface area (Å²) in [6.07, 6.45) is 3.33. The number of hydrogen-bond donors (Lipinski definition) is 2. The lowest BCUT2D eigenvalue weighted by Crippen LogP contribution is -2.03. The highest BCUT2D eigenvalue weighted by molar-refractivity contribution is 5.60. The fourth-order valence-corrected chi connectivity index (χ4v) is 1.22. The van der Waals surface area contributed by atoms with Gasteiger partial charge in [0.2, 0.25) is 5.89 Å². The lowest BCUT2D eigenvalue weighted by Gasteiger charge is -2.05. The number of hydrogen-bond acceptors (Lipinski definition) is 5. The zero-order valence-corrected chi connectivity index (χ0v) is 8.40. The van der Waals surface area contributed by atoms with Crippen molar-refractivity contribution in [3.8, 4) is 0 Å². The number of nitrogens with zero attached hydrogens (tertiary/aromatic N) is 2. The van der Waals surface area contributed by atoms with E-state index in [2.05, 4.69) is 15.3 Å². The number of nitrogen functional groups attached to an aromatic ring is 1. The number of nitrogens with two attached hydrogens (primary N) is 1. The largest absolute Gasteiger partial charge is 0.444 e. The maximum atomic E-state index is 5.67. The molecule has 0 aromatic carbocycles. The molecule has 3 N–H and O–H groups in total. The standard InChI is InChI=1S/C10H12N4O/c1-7-5-14-9(15-7)6-13-8-3-2-4-12-10(8)11/h2-5,13H,6H2,1H3,(H2,11,12). The maximum absolute atomic E-state index is 5.67. The molecule has 0 aliphatic carbocycles. The number of pyridine rings is 1. The Labute approximate surface area is 87.3 Å². The van der Waals surface area contributed by atoms with Crippen molar-refractivity contribution in [1.29, 1.82) is 0 Å². The third-order valence-corrected chi connectivity index (χ3v) is 1.94.